The van der Waals surface area contributed by atoms with Crippen LogP contribution < -0.4 is 5.32 Å². The standard InChI is InChI=1S/C26H32ClF6N3O4S/c1-5-36-21(17-7-6-15(12-18(17)25(28,29)30)13-23(2,3)26(31,32)33)19(27)20(35-36)22(37)34-14-24(38)10-8-16(9-11-24)41(4,39)40/h6-7,12,16,38H,5,8-11,13-14H2,1-4H3,(H,34,37). The number of aromatic nitrogens is 2. The normalized spacial score (nSPS) is 20.7. The van der Waals surface area contributed by atoms with Crippen molar-refractivity contribution in [1.29, 1.82) is 0 Å². The summed E-state index contributed by atoms with van der Waals surface area (Å²) in [5.74, 6) is -0.862. The smallest absolute Gasteiger partial charge is 0.388 e. The summed E-state index contributed by atoms with van der Waals surface area (Å²) in [5.41, 5.74) is -6.16. The van der Waals surface area contributed by atoms with Crippen molar-refractivity contribution in [2.24, 2.45) is 5.41 Å². The molecule has 3 rings (SSSR count). The van der Waals surface area contributed by atoms with Crippen molar-refractivity contribution in [2.75, 3.05) is 12.8 Å². The summed E-state index contributed by atoms with van der Waals surface area (Å²) in [6.45, 7) is 3.11. The second-order valence-electron chi connectivity index (χ2n) is 11.2. The molecule has 0 aliphatic heterocycles. The van der Waals surface area contributed by atoms with Gasteiger partial charge in [0.1, 0.15) is 9.84 Å². The van der Waals surface area contributed by atoms with E-state index in [1.807, 2.05) is 0 Å². The van der Waals surface area contributed by atoms with Gasteiger partial charge in [-0.2, -0.15) is 31.4 Å². The second kappa shape index (κ2) is 11.4. The molecule has 1 heterocycles. The predicted molar refractivity (Wildman–Crippen MR) is 141 cm³/mol. The number of sulfone groups is 1. The molecular weight excluding hydrogens is 600 g/mol. The van der Waals surface area contributed by atoms with Gasteiger partial charge in [-0.1, -0.05) is 37.6 Å². The Morgan fingerprint density at radius 2 is 1.76 bits per heavy atom. The van der Waals surface area contributed by atoms with Crippen LogP contribution >= 0.6 is 11.6 Å². The van der Waals surface area contributed by atoms with Crippen LogP contribution in [0.1, 0.15) is 68.1 Å². The van der Waals surface area contributed by atoms with Crippen molar-refractivity contribution < 1.29 is 44.7 Å². The fourth-order valence-corrected chi connectivity index (χ4v) is 6.30. The lowest BCUT2D eigenvalue weighted by molar-refractivity contribution is -0.211. The molecule has 7 nitrogen and oxygen atoms in total. The van der Waals surface area contributed by atoms with Gasteiger partial charge in [0.25, 0.3) is 5.91 Å². The predicted octanol–water partition coefficient (Wildman–Crippen LogP) is 5.82. The number of hydrogen-bond acceptors (Lipinski definition) is 5. The molecule has 1 aromatic heterocycles. The number of halogens is 7. The van der Waals surface area contributed by atoms with Crippen molar-refractivity contribution >= 4 is 27.3 Å². The lowest BCUT2D eigenvalue weighted by Crippen LogP contribution is -2.47. The summed E-state index contributed by atoms with van der Waals surface area (Å²) >= 11 is 6.40. The molecule has 0 unspecified atom stereocenters. The highest BCUT2D eigenvalue weighted by molar-refractivity contribution is 7.91. The molecule has 0 bridgehead atoms. The summed E-state index contributed by atoms with van der Waals surface area (Å²) in [7, 11) is -3.28. The zero-order chi connectivity index (χ0) is 31.2. The van der Waals surface area contributed by atoms with E-state index in [0.717, 1.165) is 36.9 Å². The first-order chi connectivity index (χ1) is 18.6. The number of rotatable bonds is 8. The molecular formula is C26H32ClF6N3O4S. The largest absolute Gasteiger partial charge is 0.417 e. The Hall–Kier alpha value is -2.32. The zero-order valence-corrected chi connectivity index (χ0v) is 24.5. The Kier molecular flexibility index (Phi) is 9.23. The van der Waals surface area contributed by atoms with Crippen LogP contribution in [-0.2, 0) is 29.0 Å². The van der Waals surface area contributed by atoms with E-state index in [1.54, 1.807) is 6.92 Å². The minimum atomic E-state index is -4.96. The van der Waals surface area contributed by atoms with E-state index in [-0.39, 0.29) is 50.0 Å². The summed E-state index contributed by atoms with van der Waals surface area (Å²) in [6.07, 6.45) is -8.54. The number of aryl methyl sites for hydroxylation is 1. The van der Waals surface area contributed by atoms with E-state index in [9.17, 15) is 44.7 Å². The molecule has 41 heavy (non-hydrogen) atoms. The van der Waals surface area contributed by atoms with E-state index in [1.165, 1.54) is 0 Å². The molecule has 230 valence electrons. The van der Waals surface area contributed by atoms with Crippen molar-refractivity contribution in [3.63, 3.8) is 0 Å². The molecule has 0 saturated heterocycles. The average molecular weight is 632 g/mol. The minimum Gasteiger partial charge on any atom is -0.388 e. The molecule has 0 atom stereocenters. The van der Waals surface area contributed by atoms with Crippen LogP contribution in [0.15, 0.2) is 18.2 Å². The van der Waals surface area contributed by atoms with Crippen molar-refractivity contribution in [1.82, 2.24) is 15.1 Å². The highest BCUT2D eigenvalue weighted by atomic mass is 35.5. The van der Waals surface area contributed by atoms with E-state index in [4.69, 9.17) is 11.6 Å². The number of carbonyl (C=O) groups is 1. The van der Waals surface area contributed by atoms with Crippen LogP contribution in [0.5, 0.6) is 0 Å². The van der Waals surface area contributed by atoms with Crippen LogP contribution in [-0.4, -0.2) is 59.0 Å². The summed E-state index contributed by atoms with van der Waals surface area (Å²) in [6, 6.07) is 2.82. The highest BCUT2D eigenvalue weighted by Crippen LogP contribution is 2.44. The van der Waals surface area contributed by atoms with Gasteiger partial charge in [-0.25, -0.2) is 8.42 Å². The molecule has 1 fully saturated rings. The lowest BCUT2D eigenvalue weighted by atomic mass is 9.84. The third kappa shape index (κ3) is 7.37. The SMILES string of the molecule is CCn1nc(C(=O)NCC2(O)CCC(S(C)(=O)=O)CC2)c(Cl)c1-c1ccc(CC(C)(C)C(F)(F)F)cc1C(F)(F)F. The maximum absolute atomic E-state index is 14.1. The lowest BCUT2D eigenvalue weighted by Gasteiger charge is -2.35. The van der Waals surface area contributed by atoms with Gasteiger partial charge in [-0.3, -0.25) is 9.48 Å². The van der Waals surface area contributed by atoms with Gasteiger partial charge in [0, 0.05) is 24.9 Å². The Morgan fingerprint density at radius 1 is 1.17 bits per heavy atom. The number of benzene rings is 1. The first-order valence-electron chi connectivity index (χ1n) is 12.8. The zero-order valence-electron chi connectivity index (χ0n) is 22.9. The van der Waals surface area contributed by atoms with Crippen LogP contribution in [0.25, 0.3) is 11.3 Å². The number of nitrogens with one attached hydrogen (secondary N) is 1. The van der Waals surface area contributed by atoms with Gasteiger partial charge >= 0.3 is 12.4 Å². The van der Waals surface area contributed by atoms with Crippen molar-refractivity contribution in [3.05, 3.63) is 40.0 Å². The molecule has 0 spiro atoms. The third-order valence-corrected chi connectivity index (χ3v) is 9.55. The quantitative estimate of drug-likeness (QED) is 0.358. The molecule has 15 heteroatoms. The molecule has 2 N–H and O–H groups in total. The fourth-order valence-electron chi connectivity index (χ4n) is 4.89. The Morgan fingerprint density at radius 3 is 2.24 bits per heavy atom. The fraction of sp³-hybridized carbons (Fsp3) is 0.615. The van der Waals surface area contributed by atoms with Gasteiger partial charge in [-0.15, -0.1) is 0 Å². The van der Waals surface area contributed by atoms with Crippen molar-refractivity contribution in [3.8, 4) is 11.3 Å². The maximum Gasteiger partial charge on any atom is 0.417 e. The molecule has 1 aliphatic rings. The van der Waals surface area contributed by atoms with Gasteiger partial charge < -0.3 is 10.4 Å². The molecule has 1 amide bonds. The molecule has 2 aromatic rings. The minimum absolute atomic E-state index is 0.0132. The Labute approximate surface area is 239 Å². The summed E-state index contributed by atoms with van der Waals surface area (Å²) in [4.78, 5) is 13.0. The number of carbonyl (C=O) groups excluding carboxylic acids is 1. The summed E-state index contributed by atoms with van der Waals surface area (Å²) < 4.78 is 107. The Balaban J connectivity index is 1.91. The number of alkyl halides is 6. The van der Waals surface area contributed by atoms with Crippen LogP contribution in [0.2, 0.25) is 5.02 Å². The molecule has 0 radical (unpaired) electrons. The maximum atomic E-state index is 14.1. The van der Waals surface area contributed by atoms with Crippen LogP contribution in [0, 0.1) is 5.41 Å². The third-order valence-electron chi connectivity index (χ3n) is 7.51. The molecule has 1 aliphatic carbocycles. The van der Waals surface area contributed by atoms with Gasteiger partial charge in [0.15, 0.2) is 5.69 Å². The Bertz CT molecular complexity index is 1400. The van der Waals surface area contributed by atoms with Gasteiger partial charge in [0.05, 0.1) is 32.5 Å². The monoisotopic (exact) mass is 631 g/mol. The second-order valence-corrected chi connectivity index (χ2v) is 13.9. The molecule has 1 aromatic carbocycles. The molecule has 1 saturated carbocycles. The number of nitrogens with zero attached hydrogens (tertiary/aromatic N) is 2. The van der Waals surface area contributed by atoms with Gasteiger partial charge in [-0.05, 0) is 50.7 Å². The van der Waals surface area contributed by atoms with Gasteiger partial charge in [0.2, 0.25) is 0 Å². The van der Waals surface area contributed by atoms with E-state index < -0.39 is 72.6 Å². The van der Waals surface area contributed by atoms with E-state index >= 15 is 0 Å². The van der Waals surface area contributed by atoms with Crippen LogP contribution in [0.3, 0.4) is 0 Å². The first-order valence-corrected chi connectivity index (χ1v) is 15.2. The first kappa shape index (κ1) is 33.2. The topological polar surface area (TPSA) is 101 Å². The van der Waals surface area contributed by atoms with Crippen LogP contribution in [0.4, 0.5) is 26.3 Å². The van der Waals surface area contributed by atoms with Crippen molar-refractivity contribution in [2.45, 2.75) is 82.6 Å². The van der Waals surface area contributed by atoms with E-state index in [0.29, 0.717) is 6.07 Å². The number of aliphatic hydroxyl groups is 1. The summed E-state index contributed by atoms with van der Waals surface area (Å²) in [5, 5.41) is 16.4. The number of hydrogen-bond donors (Lipinski definition) is 2. The van der Waals surface area contributed by atoms with E-state index in [2.05, 4.69) is 10.4 Å². The number of amides is 1. The highest BCUT2D eigenvalue weighted by Gasteiger charge is 2.47. The average Bonchev–Trinajstić information content (AvgIpc) is 3.17.